The number of ether oxygens (including phenoxy) is 1. The van der Waals surface area contributed by atoms with Crippen molar-refractivity contribution in [3.8, 4) is 5.88 Å². The third-order valence-electron chi connectivity index (χ3n) is 1.84. The van der Waals surface area contributed by atoms with E-state index in [0.717, 1.165) is 12.1 Å². The fourth-order valence-corrected chi connectivity index (χ4v) is 1.86. The van der Waals surface area contributed by atoms with Crippen LogP contribution in [-0.4, -0.2) is 17.3 Å². The Morgan fingerprint density at radius 3 is 2.79 bits per heavy atom. The second-order valence-corrected chi connectivity index (χ2v) is 3.86. The third-order valence-corrected chi connectivity index (χ3v) is 2.72. The van der Waals surface area contributed by atoms with Crippen molar-refractivity contribution in [1.82, 2.24) is 10.2 Å². The number of rotatable bonds is 3. The van der Waals surface area contributed by atoms with Crippen LogP contribution in [0, 0.1) is 0 Å². The zero-order valence-electron chi connectivity index (χ0n) is 7.80. The van der Waals surface area contributed by atoms with Crippen molar-refractivity contribution in [3.63, 3.8) is 0 Å². The van der Waals surface area contributed by atoms with E-state index in [4.69, 9.17) is 4.74 Å². The monoisotopic (exact) mass is 206 g/mol. The molecule has 0 saturated carbocycles. The molecule has 0 N–H and O–H groups in total. The van der Waals surface area contributed by atoms with E-state index in [0.29, 0.717) is 5.88 Å². The van der Waals surface area contributed by atoms with E-state index in [2.05, 4.69) is 21.6 Å². The molecule has 4 heteroatoms. The van der Waals surface area contributed by atoms with Gasteiger partial charge in [-0.15, -0.1) is 16.4 Å². The first-order valence-electron chi connectivity index (χ1n) is 4.27. The highest BCUT2D eigenvalue weighted by Gasteiger charge is 1.99. The number of methoxy groups -OCH3 is 1. The van der Waals surface area contributed by atoms with Crippen LogP contribution < -0.4 is 4.74 Å². The van der Waals surface area contributed by atoms with Gasteiger partial charge in [-0.1, -0.05) is 6.07 Å². The van der Waals surface area contributed by atoms with Crippen molar-refractivity contribution >= 4 is 11.3 Å². The van der Waals surface area contributed by atoms with E-state index in [9.17, 15) is 0 Å². The van der Waals surface area contributed by atoms with Crippen molar-refractivity contribution in [1.29, 1.82) is 0 Å². The summed E-state index contributed by atoms with van der Waals surface area (Å²) in [6.45, 7) is 0. The Balaban J connectivity index is 2.10. The first kappa shape index (κ1) is 9.15. The minimum Gasteiger partial charge on any atom is -0.480 e. The van der Waals surface area contributed by atoms with E-state index in [1.807, 2.05) is 18.2 Å². The SMILES string of the molecule is COc1ccc(Cc2cccs2)nn1. The summed E-state index contributed by atoms with van der Waals surface area (Å²) in [5, 5.41) is 10.0. The quantitative estimate of drug-likeness (QED) is 0.771. The molecule has 0 saturated heterocycles. The molecule has 0 radical (unpaired) electrons. The first-order chi connectivity index (χ1) is 6.88. The Hall–Kier alpha value is -1.42. The summed E-state index contributed by atoms with van der Waals surface area (Å²) in [7, 11) is 1.59. The van der Waals surface area contributed by atoms with Gasteiger partial charge in [0, 0.05) is 17.4 Å². The summed E-state index contributed by atoms with van der Waals surface area (Å²) in [5.41, 5.74) is 0.966. The summed E-state index contributed by atoms with van der Waals surface area (Å²) in [4.78, 5) is 1.30. The predicted octanol–water partition coefficient (Wildman–Crippen LogP) is 2.14. The molecule has 2 rings (SSSR count). The lowest BCUT2D eigenvalue weighted by molar-refractivity contribution is 0.391. The van der Waals surface area contributed by atoms with Crippen LogP contribution in [0.15, 0.2) is 29.6 Å². The maximum Gasteiger partial charge on any atom is 0.233 e. The van der Waals surface area contributed by atoms with Crippen LogP contribution >= 0.6 is 11.3 Å². The van der Waals surface area contributed by atoms with Crippen molar-refractivity contribution in [2.75, 3.05) is 7.11 Å². The second kappa shape index (κ2) is 4.19. The van der Waals surface area contributed by atoms with Gasteiger partial charge in [0.1, 0.15) is 0 Å². The van der Waals surface area contributed by atoms with Gasteiger partial charge in [0.2, 0.25) is 5.88 Å². The van der Waals surface area contributed by atoms with Crippen LogP contribution in [0.2, 0.25) is 0 Å². The molecule has 0 aliphatic rings. The maximum absolute atomic E-state index is 4.93. The van der Waals surface area contributed by atoms with Gasteiger partial charge < -0.3 is 4.74 Å². The zero-order valence-corrected chi connectivity index (χ0v) is 8.62. The van der Waals surface area contributed by atoms with E-state index in [1.54, 1.807) is 18.4 Å². The first-order valence-corrected chi connectivity index (χ1v) is 5.15. The minimum atomic E-state index is 0.555. The Morgan fingerprint density at radius 1 is 1.29 bits per heavy atom. The minimum absolute atomic E-state index is 0.555. The zero-order chi connectivity index (χ0) is 9.80. The summed E-state index contributed by atoms with van der Waals surface area (Å²) >= 11 is 1.73. The Kier molecular flexibility index (Phi) is 2.74. The van der Waals surface area contributed by atoms with Gasteiger partial charge >= 0.3 is 0 Å². The van der Waals surface area contributed by atoms with Crippen LogP contribution in [0.4, 0.5) is 0 Å². The number of thiophene rings is 1. The highest BCUT2D eigenvalue weighted by atomic mass is 32.1. The fourth-order valence-electron chi connectivity index (χ4n) is 1.14. The molecule has 0 atom stereocenters. The van der Waals surface area contributed by atoms with Crippen LogP contribution in [0.5, 0.6) is 5.88 Å². The van der Waals surface area contributed by atoms with Crippen LogP contribution in [0.3, 0.4) is 0 Å². The molecule has 0 unspecified atom stereocenters. The van der Waals surface area contributed by atoms with Crippen molar-refractivity contribution in [2.24, 2.45) is 0 Å². The average Bonchev–Trinajstić information content (AvgIpc) is 2.72. The molecule has 3 nitrogen and oxygen atoms in total. The molecule has 2 heterocycles. The fraction of sp³-hybridized carbons (Fsp3) is 0.200. The number of aromatic nitrogens is 2. The Labute approximate surface area is 86.4 Å². The topological polar surface area (TPSA) is 35.0 Å². The van der Waals surface area contributed by atoms with Gasteiger partial charge in [-0.25, -0.2) is 0 Å². The molecule has 0 amide bonds. The summed E-state index contributed by atoms with van der Waals surface area (Å²) in [6, 6.07) is 7.90. The van der Waals surface area contributed by atoms with Crippen LogP contribution in [0.1, 0.15) is 10.6 Å². The van der Waals surface area contributed by atoms with Gasteiger partial charge in [-0.2, -0.15) is 5.10 Å². The largest absolute Gasteiger partial charge is 0.480 e. The molecule has 0 bridgehead atoms. The normalized spacial score (nSPS) is 10.1. The molecule has 0 fully saturated rings. The summed E-state index contributed by atoms with van der Waals surface area (Å²) < 4.78 is 4.93. The Bertz CT molecular complexity index is 383. The molecule has 2 aromatic heterocycles. The van der Waals surface area contributed by atoms with E-state index in [-0.39, 0.29) is 0 Å². The second-order valence-electron chi connectivity index (χ2n) is 2.82. The van der Waals surface area contributed by atoms with E-state index >= 15 is 0 Å². The van der Waals surface area contributed by atoms with Gasteiger partial charge in [0.25, 0.3) is 0 Å². The standard InChI is InChI=1S/C10H10N2OS/c1-13-10-5-4-8(11-12-10)7-9-3-2-6-14-9/h2-6H,7H2,1H3. The van der Waals surface area contributed by atoms with E-state index in [1.165, 1.54) is 4.88 Å². The van der Waals surface area contributed by atoms with Crippen molar-refractivity contribution < 1.29 is 4.74 Å². The molecule has 0 aromatic carbocycles. The molecular formula is C10H10N2OS. The van der Waals surface area contributed by atoms with Crippen LogP contribution in [0.25, 0.3) is 0 Å². The summed E-state index contributed by atoms with van der Waals surface area (Å²) in [6.07, 6.45) is 0.842. The van der Waals surface area contributed by atoms with Gasteiger partial charge in [-0.3, -0.25) is 0 Å². The molecular weight excluding hydrogens is 196 g/mol. The maximum atomic E-state index is 4.93. The third kappa shape index (κ3) is 2.09. The molecule has 0 aliphatic carbocycles. The lowest BCUT2D eigenvalue weighted by atomic mass is 10.2. The van der Waals surface area contributed by atoms with Crippen molar-refractivity contribution in [2.45, 2.75) is 6.42 Å². The molecule has 2 aromatic rings. The van der Waals surface area contributed by atoms with Crippen LogP contribution in [-0.2, 0) is 6.42 Å². The molecule has 0 aliphatic heterocycles. The van der Waals surface area contributed by atoms with Crippen molar-refractivity contribution in [3.05, 3.63) is 40.2 Å². The molecule has 14 heavy (non-hydrogen) atoms. The van der Waals surface area contributed by atoms with Gasteiger partial charge in [-0.05, 0) is 17.5 Å². The lowest BCUT2D eigenvalue weighted by Gasteiger charge is -1.99. The summed E-state index contributed by atoms with van der Waals surface area (Å²) in [5.74, 6) is 0.555. The number of hydrogen-bond donors (Lipinski definition) is 0. The average molecular weight is 206 g/mol. The highest BCUT2D eigenvalue weighted by molar-refractivity contribution is 7.09. The smallest absolute Gasteiger partial charge is 0.233 e. The molecule has 0 spiro atoms. The Morgan fingerprint density at radius 2 is 2.21 bits per heavy atom. The highest BCUT2D eigenvalue weighted by Crippen LogP contribution is 2.13. The number of hydrogen-bond acceptors (Lipinski definition) is 4. The van der Waals surface area contributed by atoms with Gasteiger partial charge in [0.15, 0.2) is 0 Å². The predicted molar refractivity (Wildman–Crippen MR) is 55.7 cm³/mol. The van der Waals surface area contributed by atoms with E-state index < -0.39 is 0 Å². The van der Waals surface area contributed by atoms with Gasteiger partial charge in [0.05, 0.1) is 12.8 Å². The molecule has 72 valence electrons. The lowest BCUT2D eigenvalue weighted by Crippen LogP contribution is -1.95. The number of nitrogens with zero attached hydrogens (tertiary/aromatic N) is 2.